The molecule has 20 heavy (non-hydrogen) atoms. The topological polar surface area (TPSA) is 41.6 Å². The molecule has 116 valence electrons. The summed E-state index contributed by atoms with van der Waals surface area (Å²) in [6.07, 6.45) is 3.41. The summed E-state index contributed by atoms with van der Waals surface area (Å²) in [5, 5.41) is 3.65. The van der Waals surface area contributed by atoms with E-state index in [0.717, 1.165) is 26.1 Å². The highest BCUT2D eigenvalue weighted by Gasteiger charge is 2.45. The second-order valence-electron chi connectivity index (χ2n) is 8.09. The molecule has 4 heteroatoms. The summed E-state index contributed by atoms with van der Waals surface area (Å²) in [5.41, 5.74) is 0.0693. The van der Waals surface area contributed by atoms with Crippen molar-refractivity contribution in [1.29, 1.82) is 0 Å². The van der Waals surface area contributed by atoms with Crippen LogP contribution in [0.4, 0.5) is 4.79 Å². The predicted molar refractivity (Wildman–Crippen MR) is 80.7 cm³/mol. The van der Waals surface area contributed by atoms with E-state index in [1.54, 1.807) is 0 Å². The summed E-state index contributed by atoms with van der Waals surface area (Å²) in [6.45, 7) is 13.1. The number of carbonyl (C=O) groups excluding carboxylic acids is 1. The van der Waals surface area contributed by atoms with Gasteiger partial charge in [0.15, 0.2) is 0 Å². The maximum Gasteiger partial charge on any atom is 0.410 e. The molecule has 1 heterocycles. The minimum atomic E-state index is -0.402. The van der Waals surface area contributed by atoms with Gasteiger partial charge in [0.25, 0.3) is 0 Å². The highest BCUT2D eigenvalue weighted by Crippen LogP contribution is 2.44. The molecule has 0 radical (unpaired) electrons. The zero-order valence-corrected chi connectivity index (χ0v) is 13.7. The highest BCUT2D eigenvalue weighted by molar-refractivity contribution is 5.68. The largest absolute Gasteiger partial charge is 0.444 e. The SMILES string of the molecule is CC(C)(C)OC(=O)N1CCCC(CNC2CC2(C)C)C1. The lowest BCUT2D eigenvalue weighted by Gasteiger charge is -2.34. The van der Waals surface area contributed by atoms with Crippen molar-refractivity contribution in [2.24, 2.45) is 11.3 Å². The molecule has 0 spiro atoms. The Hall–Kier alpha value is -0.770. The van der Waals surface area contributed by atoms with Crippen molar-refractivity contribution in [3.05, 3.63) is 0 Å². The van der Waals surface area contributed by atoms with E-state index >= 15 is 0 Å². The second-order valence-corrected chi connectivity index (χ2v) is 8.09. The number of hydrogen-bond donors (Lipinski definition) is 1. The van der Waals surface area contributed by atoms with Crippen molar-refractivity contribution in [1.82, 2.24) is 10.2 Å². The van der Waals surface area contributed by atoms with Gasteiger partial charge in [-0.2, -0.15) is 0 Å². The highest BCUT2D eigenvalue weighted by atomic mass is 16.6. The van der Waals surface area contributed by atoms with Crippen LogP contribution >= 0.6 is 0 Å². The summed E-state index contributed by atoms with van der Waals surface area (Å²) < 4.78 is 5.46. The van der Waals surface area contributed by atoms with Crippen LogP contribution in [0.1, 0.15) is 53.9 Å². The van der Waals surface area contributed by atoms with Gasteiger partial charge < -0.3 is 15.0 Å². The van der Waals surface area contributed by atoms with E-state index in [1.165, 1.54) is 12.8 Å². The number of carbonyl (C=O) groups is 1. The zero-order chi connectivity index (χ0) is 15.0. The third-order valence-corrected chi connectivity index (χ3v) is 4.34. The van der Waals surface area contributed by atoms with Gasteiger partial charge in [-0.15, -0.1) is 0 Å². The molecule has 1 aliphatic carbocycles. The normalized spacial score (nSPS) is 29.1. The molecule has 2 fully saturated rings. The fourth-order valence-corrected chi connectivity index (χ4v) is 2.85. The molecule has 2 aliphatic rings. The van der Waals surface area contributed by atoms with E-state index < -0.39 is 5.60 Å². The molecule has 2 rings (SSSR count). The van der Waals surface area contributed by atoms with Crippen LogP contribution in [-0.4, -0.2) is 42.3 Å². The number of likely N-dealkylation sites (tertiary alicyclic amines) is 1. The molecular formula is C16H30N2O2. The first kappa shape index (κ1) is 15.6. The third-order valence-electron chi connectivity index (χ3n) is 4.34. The molecule has 1 saturated carbocycles. The van der Waals surface area contributed by atoms with Crippen molar-refractivity contribution < 1.29 is 9.53 Å². The molecule has 1 aliphatic heterocycles. The van der Waals surface area contributed by atoms with Crippen LogP contribution in [0.5, 0.6) is 0 Å². The van der Waals surface area contributed by atoms with Crippen molar-refractivity contribution in [2.45, 2.75) is 65.5 Å². The van der Waals surface area contributed by atoms with Crippen LogP contribution in [0.25, 0.3) is 0 Å². The second kappa shape index (κ2) is 5.55. The van der Waals surface area contributed by atoms with E-state index in [2.05, 4.69) is 19.2 Å². The molecule has 2 unspecified atom stereocenters. The van der Waals surface area contributed by atoms with Crippen LogP contribution < -0.4 is 5.32 Å². The Bertz CT molecular complexity index is 360. The first-order valence-corrected chi connectivity index (χ1v) is 7.89. The molecule has 0 aromatic carbocycles. The van der Waals surface area contributed by atoms with Gasteiger partial charge in [-0.25, -0.2) is 4.79 Å². The van der Waals surface area contributed by atoms with Gasteiger partial charge in [-0.05, 0) is 57.9 Å². The lowest BCUT2D eigenvalue weighted by molar-refractivity contribution is 0.0166. The third kappa shape index (κ3) is 4.37. The molecule has 1 amide bonds. The Kier molecular flexibility index (Phi) is 4.33. The molecule has 4 nitrogen and oxygen atoms in total. The summed E-state index contributed by atoms with van der Waals surface area (Å²) in [6, 6.07) is 0.666. The summed E-state index contributed by atoms with van der Waals surface area (Å²) in [7, 11) is 0. The monoisotopic (exact) mass is 282 g/mol. The van der Waals surface area contributed by atoms with Gasteiger partial charge in [-0.3, -0.25) is 0 Å². The zero-order valence-electron chi connectivity index (χ0n) is 13.7. The van der Waals surface area contributed by atoms with Gasteiger partial charge >= 0.3 is 6.09 Å². The van der Waals surface area contributed by atoms with E-state index in [9.17, 15) is 4.79 Å². The molecule has 0 aromatic rings. The van der Waals surface area contributed by atoms with Crippen LogP contribution in [0.15, 0.2) is 0 Å². The maximum absolute atomic E-state index is 12.1. The Labute approximate surface area is 123 Å². The number of rotatable bonds is 3. The fraction of sp³-hybridized carbons (Fsp3) is 0.938. The first-order chi connectivity index (χ1) is 9.17. The van der Waals surface area contributed by atoms with Crippen LogP contribution in [0.2, 0.25) is 0 Å². The lowest BCUT2D eigenvalue weighted by atomic mass is 9.98. The number of piperidine rings is 1. The van der Waals surface area contributed by atoms with Gasteiger partial charge in [0, 0.05) is 19.1 Å². The summed E-state index contributed by atoms with van der Waals surface area (Å²) in [5.74, 6) is 0.563. The van der Waals surface area contributed by atoms with E-state index in [1.807, 2.05) is 25.7 Å². The number of hydrogen-bond acceptors (Lipinski definition) is 3. The molecule has 0 aromatic heterocycles. The van der Waals surface area contributed by atoms with Gasteiger partial charge in [-0.1, -0.05) is 13.8 Å². The first-order valence-electron chi connectivity index (χ1n) is 7.89. The minimum Gasteiger partial charge on any atom is -0.444 e. The van der Waals surface area contributed by atoms with E-state index in [0.29, 0.717) is 17.4 Å². The smallest absolute Gasteiger partial charge is 0.410 e. The summed E-state index contributed by atoms with van der Waals surface area (Å²) in [4.78, 5) is 14.0. The Morgan fingerprint density at radius 3 is 2.60 bits per heavy atom. The van der Waals surface area contributed by atoms with Crippen molar-refractivity contribution in [3.63, 3.8) is 0 Å². The number of amides is 1. The maximum atomic E-state index is 12.1. The van der Waals surface area contributed by atoms with Crippen LogP contribution in [0.3, 0.4) is 0 Å². The molecule has 1 N–H and O–H groups in total. The minimum absolute atomic E-state index is 0.158. The van der Waals surface area contributed by atoms with Crippen LogP contribution in [-0.2, 0) is 4.74 Å². The standard InChI is InChI=1S/C16H30N2O2/c1-15(2,3)20-14(19)18-8-6-7-12(11-18)10-17-13-9-16(13,4)5/h12-13,17H,6-11H2,1-5H3. The molecule has 1 saturated heterocycles. The van der Waals surface area contributed by atoms with Crippen molar-refractivity contribution in [3.8, 4) is 0 Å². The van der Waals surface area contributed by atoms with E-state index in [4.69, 9.17) is 4.74 Å². The Balaban J connectivity index is 1.75. The Morgan fingerprint density at radius 1 is 1.40 bits per heavy atom. The number of ether oxygens (including phenoxy) is 1. The van der Waals surface area contributed by atoms with Gasteiger partial charge in [0.2, 0.25) is 0 Å². The summed E-state index contributed by atoms with van der Waals surface area (Å²) >= 11 is 0. The molecule has 2 atom stereocenters. The van der Waals surface area contributed by atoms with E-state index in [-0.39, 0.29) is 6.09 Å². The molecular weight excluding hydrogens is 252 g/mol. The Morgan fingerprint density at radius 2 is 2.05 bits per heavy atom. The van der Waals surface area contributed by atoms with Gasteiger partial charge in [0.1, 0.15) is 5.60 Å². The average Bonchev–Trinajstić information content (AvgIpc) is 2.93. The number of nitrogens with one attached hydrogen (secondary N) is 1. The number of nitrogens with zero attached hydrogens (tertiary/aromatic N) is 1. The van der Waals surface area contributed by atoms with Crippen LogP contribution in [0, 0.1) is 11.3 Å². The average molecular weight is 282 g/mol. The molecule has 0 bridgehead atoms. The van der Waals surface area contributed by atoms with Crippen molar-refractivity contribution in [2.75, 3.05) is 19.6 Å². The predicted octanol–water partition coefficient (Wildman–Crippen LogP) is 3.02. The quantitative estimate of drug-likeness (QED) is 0.865. The van der Waals surface area contributed by atoms with Gasteiger partial charge in [0.05, 0.1) is 0 Å². The van der Waals surface area contributed by atoms with Crippen molar-refractivity contribution >= 4 is 6.09 Å². The fourth-order valence-electron chi connectivity index (χ4n) is 2.85. The lowest BCUT2D eigenvalue weighted by Crippen LogP contribution is -2.45.